The number of alkyl halides is 3. The molecule has 0 spiro atoms. The smallest absolute Gasteiger partial charge is 0.392 e. The Balaban J connectivity index is 3.11. The summed E-state index contributed by atoms with van der Waals surface area (Å²) in [5.41, 5.74) is 0.163. The van der Waals surface area contributed by atoms with Crippen LogP contribution in [0.4, 0.5) is 13.2 Å². The molecule has 0 atom stereocenters. The van der Waals surface area contributed by atoms with Gasteiger partial charge in [0, 0.05) is 0 Å². The van der Waals surface area contributed by atoms with Crippen molar-refractivity contribution in [2.24, 2.45) is 0 Å². The summed E-state index contributed by atoms with van der Waals surface area (Å²) >= 11 is 0. The lowest BCUT2D eigenvalue weighted by Gasteiger charge is -2.11. The fraction of sp³-hybridized carbons (Fsp3) is 0.273. The topological polar surface area (TPSA) is 20.2 Å². The number of allylic oxidation sites excluding steroid dienone is 1. The van der Waals surface area contributed by atoms with E-state index in [4.69, 9.17) is 5.11 Å². The van der Waals surface area contributed by atoms with Gasteiger partial charge in [0.2, 0.25) is 0 Å². The maximum Gasteiger partial charge on any atom is 0.416 e. The third kappa shape index (κ3) is 3.09. The third-order valence-corrected chi connectivity index (χ3v) is 1.96. The lowest BCUT2D eigenvalue weighted by Crippen LogP contribution is -2.11. The maximum absolute atomic E-state index is 12.5. The molecule has 0 saturated heterocycles. The number of rotatable bonds is 2. The third-order valence-electron chi connectivity index (χ3n) is 1.96. The van der Waals surface area contributed by atoms with Crippen LogP contribution in [0.15, 0.2) is 30.3 Å². The van der Waals surface area contributed by atoms with E-state index in [0.717, 1.165) is 11.6 Å². The van der Waals surface area contributed by atoms with Gasteiger partial charge in [0.15, 0.2) is 0 Å². The van der Waals surface area contributed by atoms with E-state index < -0.39 is 18.4 Å². The predicted octanol–water partition coefficient (Wildman–Crippen LogP) is 2.93. The van der Waals surface area contributed by atoms with Crippen LogP contribution >= 0.6 is 0 Å². The Kier molecular flexibility index (Phi) is 3.52. The molecule has 0 aromatic heterocycles. The lowest BCUT2D eigenvalue weighted by atomic mass is 10.0. The quantitative estimate of drug-likeness (QED) is 0.805. The zero-order chi connectivity index (χ0) is 11.5. The van der Waals surface area contributed by atoms with Crippen molar-refractivity contribution in [3.05, 3.63) is 41.5 Å². The Labute approximate surface area is 85.9 Å². The average molecular weight is 216 g/mol. The highest BCUT2D eigenvalue weighted by Crippen LogP contribution is 2.33. The Morgan fingerprint density at radius 3 is 2.20 bits per heavy atom. The monoisotopic (exact) mass is 216 g/mol. The first-order valence-corrected chi connectivity index (χ1v) is 4.40. The number of aliphatic hydroxyl groups is 1. The van der Waals surface area contributed by atoms with Crippen LogP contribution in [0.3, 0.4) is 0 Å². The summed E-state index contributed by atoms with van der Waals surface area (Å²) in [7, 11) is 0. The fourth-order valence-electron chi connectivity index (χ4n) is 1.22. The summed E-state index contributed by atoms with van der Waals surface area (Å²) in [4.78, 5) is 0. The average Bonchev–Trinajstić information content (AvgIpc) is 2.14. The van der Waals surface area contributed by atoms with Gasteiger partial charge in [-0.1, -0.05) is 29.8 Å². The van der Waals surface area contributed by atoms with Crippen molar-refractivity contribution in [1.29, 1.82) is 0 Å². The van der Waals surface area contributed by atoms with Gasteiger partial charge in [-0.15, -0.1) is 0 Å². The van der Waals surface area contributed by atoms with Gasteiger partial charge in [-0.2, -0.15) is 13.2 Å². The Bertz CT molecular complexity index is 349. The highest BCUT2D eigenvalue weighted by molar-refractivity contribution is 5.69. The molecule has 0 bridgehead atoms. The van der Waals surface area contributed by atoms with Crippen molar-refractivity contribution in [3.63, 3.8) is 0 Å². The minimum Gasteiger partial charge on any atom is -0.392 e. The normalized spacial score (nSPS) is 13.0. The van der Waals surface area contributed by atoms with Crippen LogP contribution in [0.2, 0.25) is 0 Å². The molecule has 0 aliphatic heterocycles. The Hall–Kier alpha value is -1.29. The van der Waals surface area contributed by atoms with Crippen molar-refractivity contribution >= 4 is 5.57 Å². The zero-order valence-corrected chi connectivity index (χ0v) is 8.17. The summed E-state index contributed by atoms with van der Waals surface area (Å²) in [5, 5.41) is 8.54. The van der Waals surface area contributed by atoms with Crippen LogP contribution in [-0.2, 0) is 0 Å². The number of hydrogen-bond donors (Lipinski definition) is 1. The summed E-state index contributed by atoms with van der Waals surface area (Å²) in [6.07, 6.45) is -3.66. The second kappa shape index (κ2) is 4.49. The molecule has 1 aromatic carbocycles. The molecule has 1 nitrogen and oxygen atoms in total. The zero-order valence-electron chi connectivity index (χ0n) is 8.17. The van der Waals surface area contributed by atoms with E-state index in [1.54, 1.807) is 19.1 Å². The number of aryl methyl sites for hydroxylation is 1. The molecule has 0 saturated carbocycles. The van der Waals surface area contributed by atoms with Gasteiger partial charge < -0.3 is 5.11 Å². The highest BCUT2D eigenvalue weighted by Gasteiger charge is 2.34. The molecule has 15 heavy (non-hydrogen) atoms. The second-order valence-electron chi connectivity index (χ2n) is 3.16. The molecule has 1 aromatic rings. The maximum atomic E-state index is 12.5. The minimum atomic E-state index is -4.43. The van der Waals surface area contributed by atoms with E-state index in [1.807, 2.05) is 0 Å². The van der Waals surface area contributed by atoms with Crippen molar-refractivity contribution in [3.8, 4) is 0 Å². The van der Waals surface area contributed by atoms with Crippen LogP contribution in [0.1, 0.15) is 11.1 Å². The van der Waals surface area contributed by atoms with Crippen LogP contribution < -0.4 is 0 Å². The van der Waals surface area contributed by atoms with Crippen molar-refractivity contribution in [1.82, 2.24) is 0 Å². The molecular formula is C11H11F3O. The van der Waals surface area contributed by atoms with Gasteiger partial charge in [0.25, 0.3) is 0 Å². The van der Waals surface area contributed by atoms with Crippen LogP contribution in [-0.4, -0.2) is 17.9 Å². The molecule has 0 amide bonds. The molecule has 1 rings (SSSR count). The minimum absolute atomic E-state index is 0.0714. The standard InChI is InChI=1S/C11H11F3O/c1-8-2-4-9(5-3-8)10(6-7-15)11(12,13)14/h2-6,15H,7H2,1H3/b10-6+. The van der Waals surface area contributed by atoms with Crippen LogP contribution in [0.25, 0.3) is 5.57 Å². The van der Waals surface area contributed by atoms with Gasteiger partial charge >= 0.3 is 6.18 Å². The number of aliphatic hydroxyl groups excluding tert-OH is 1. The largest absolute Gasteiger partial charge is 0.416 e. The molecular weight excluding hydrogens is 205 g/mol. The van der Waals surface area contributed by atoms with Gasteiger partial charge in [0.05, 0.1) is 12.2 Å². The molecule has 0 unspecified atom stereocenters. The Morgan fingerprint density at radius 1 is 1.27 bits per heavy atom. The van der Waals surface area contributed by atoms with E-state index in [0.29, 0.717) is 0 Å². The Morgan fingerprint density at radius 2 is 1.80 bits per heavy atom. The summed E-state index contributed by atoms with van der Waals surface area (Å²) in [6, 6.07) is 5.99. The first kappa shape index (κ1) is 11.8. The van der Waals surface area contributed by atoms with Gasteiger partial charge in [-0.05, 0) is 18.6 Å². The number of hydrogen-bond acceptors (Lipinski definition) is 1. The van der Waals surface area contributed by atoms with Crippen molar-refractivity contribution < 1.29 is 18.3 Å². The SMILES string of the molecule is Cc1ccc(/C(=C\CO)C(F)(F)F)cc1. The molecule has 0 heterocycles. The van der Waals surface area contributed by atoms with E-state index in [-0.39, 0.29) is 5.56 Å². The van der Waals surface area contributed by atoms with Crippen molar-refractivity contribution in [2.45, 2.75) is 13.1 Å². The molecule has 4 heteroatoms. The summed E-state index contributed by atoms with van der Waals surface area (Å²) in [5.74, 6) is 0. The second-order valence-corrected chi connectivity index (χ2v) is 3.16. The first-order valence-electron chi connectivity index (χ1n) is 4.40. The molecule has 0 radical (unpaired) electrons. The summed E-state index contributed by atoms with van der Waals surface area (Å²) in [6.45, 7) is 1.18. The molecule has 0 aliphatic carbocycles. The number of benzene rings is 1. The van der Waals surface area contributed by atoms with E-state index in [2.05, 4.69) is 0 Å². The predicted molar refractivity (Wildman–Crippen MR) is 52.3 cm³/mol. The molecule has 1 N–H and O–H groups in total. The van der Waals surface area contributed by atoms with Gasteiger partial charge in [0.1, 0.15) is 0 Å². The molecule has 0 fully saturated rings. The van der Waals surface area contributed by atoms with E-state index in [9.17, 15) is 13.2 Å². The molecule has 82 valence electrons. The van der Waals surface area contributed by atoms with Gasteiger partial charge in [-0.3, -0.25) is 0 Å². The highest BCUT2D eigenvalue weighted by atomic mass is 19.4. The van der Waals surface area contributed by atoms with Crippen molar-refractivity contribution in [2.75, 3.05) is 6.61 Å². The number of halogens is 3. The summed E-state index contributed by atoms with van der Waals surface area (Å²) < 4.78 is 37.5. The lowest BCUT2D eigenvalue weighted by molar-refractivity contribution is -0.0692. The van der Waals surface area contributed by atoms with E-state index in [1.165, 1.54) is 12.1 Å². The fourth-order valence-corrected chi connectivity index (χ4v) is 1.22. The van der Waals surface area contributed by atoms with Gasteiger partial charge in [-0.25, -0.2) is 0 Å². The first-order chi connectivity index (χ1) is 6.95. The van der Waals surface area contributed by atoms with Crippen LogP contribution in [0, 0.1) is 6.92 Å². The van der Waals surface area contributed by atoms with E-state index >= 15 is 0 Å². The van der Waals surface area contributed by atoms with Crippen LogP contribution in [0.5, 0.6) is 0 Å². The molecule has 0 aliphatic rings.